The van der Waals surface area contributed by atoms with E-state index < -0.39 is 0 Å². The third-order valence-electron chi connectivity index (χ3n) is 2.54. The van der Waals surface area contributed by atoms with Crippen LogP contribution in [0.5, 0.6) is 0 Å². The van der Waals surface area contributed by atoms with Crippen molar-refractivity contribution in [3.8, 4) is 0 Å². The van der Waals surface area contributed by atoms with E-state index in [-0.39, 0.29) is 0 Å². The second-order valence-electron chi connectivity index (χ2n) is 3.97. The summed E-state index contributed by atoms with van der Waals surface area (Å²) in [5.41, 5.74) is 1.45. The molecule has 0 amide bonds. The molecule has 0 heterocycles. The number of hydrogen-bond donors (Lipinski definition) is 0. The van der Waals surface area contributed by atoms with E-state index in [1.807, 2.05) is 0 Å². The maximum atomic E-state index is 4.49. The van der Waals surface area contributed by atoms with Crippen molar-refractivity contribution in [3.05, 3.63) is 35.9 Å². The first-order valence-corrected chi connectivity index (χ1v) is 6.10. The molecule has 1 radical (unpaired) electrons. The van der Waals surface area contributed by atoms with Gasteiger partial charge in [0.15, 0.2) is 0 Å². The van der Waals surface area contributed by atoms with Gasteiger partial charge in [0.2, 0.25) is 0 Å². The number of aryl methyl sites for hydroxylation is 1. The Morgan fingerprint density at radius 3 is 2.40 bits per heavy atom. The largest absolute Gasteiger partial charge is 0.242 e. The van der Waals surface area contributed by atoms with Crippen LogP contribution in [-0.4, -0.2) is 13.1 Å². The zero-order chi connectivity index (χ0) is 10.8. The number of nitrogens with zero attached hydrogens (tertiary/aromatic N) is 1. The van der Waals surface area contributed by atoms with Gasteiger partial charge in [-0.2, -0.15) is 0 Å². The Morgan fingerprint density at radius 2 is 1.67 bits per heavy atom. The first-order chi connectivity index (χ1) is 7.43. The summed E-state index contributed by atoms with van der Waals surface area (Å²) in [5, 5.41) is 4.49. The lowest BCUT2D eigenvalue weighted by Gasteiger charge is -2.02. The summed E-state index contributed by atoms with van der Waals surface area (Å²) >= 11 is 0. The molecule has 0 bridgehead atoms. The molecule has 0 aliphatic rings. The Bertz CT molecular complexity index is 230. The summed E-state index contributed by atoms with van der Waals surface area (Å²) < 4.78 is 0. The lowest BCUT2D eigenvalue weighted by molar-refractivity contribution is 0.589. The van der Waals surface area contributed by atoms with Crippen LogP contribution < -0.4 is 5.32 Å². The fourth-order valence-corrected chi connectivity index (χ4v) is 1.58. The van der Waals surface area contributed by atoms with Gasteiger partial charge in [0.1, 0.15) is 0 Å². The van der Waals surface area contributed by atoms with Gasteiger partial charge in [-0.3, -0.25) is 0 Å². The maximum Gasteiger partial charge on any atom is 0.0133 e. The Labute approximate surface area is 93.9 Å². The number of unbranched alkanes of at least 4 members (excludes halogenated alkanes) is 2. The summed E-state index contributed by atoms with van der Waals surface area (Å²) in [6.07, 6.45) is 6.20. The maximum absolute atomic E-state index is 4.49. The minimum Gasteiger partial charge on any atom is -0.242 e. The van der Waals surface area contributed by atoms with Crippen molar-refractivity contribution in [3.63, 3.8) is 0 Å². The van der Waals surface area contributed by atoms with E-state index in [2.05, 4.69) is 42.6 Å². The molecule has 0 aliphatic heterocycles. The highest BCUT2D eigenvalue weighted by molar-refractivity contribution is 5.14. The van der Waals surface area contributed by atoms with Gasteiger partial charge in [-0.1, -0.05) is 43.7 Å². The van der Waals surface area contributed by atoms with E-state index in [0.717, 1.165) is 13.1 Å². The quantitative estimate of drug-likeness (QED) is 0.576. The highest BCUT2D eigenvalue weighted by Gasteiger charge is 1.92. The first-order valence-electron chi connectivity index (χ1n) is 6.10. The zero-order valence-corrected chi connectivity index (χ0v) is 9.78. The molecule has 0 atom stereocenters. The summed E-state index contributed by atoms with van der Waals surface area (Å²) in [4.78, 5) is 0. The molecule has 0 aliphatic carbocycles. The predicted molar refractivity (Wildman–Crippen MR) is 66.2 cm³/mol. The molecule has 1 rings (SSSR count). The van der Waals surface area contributed by atoms with E-state index >= 15 is 0 Å². The van der Waals surface area contributed by atoms with E-state index in [1.165, 1.54) is 37.7 Å². The second kappa shape index (κ2) is 8.49. The normalized spacial score (nSPS) is 10.5. The molecule has 0 unspecified atom stereocenters. The van der Waals surface area contributed by atoms with Gasteiger partial charge in [0.25, 0.3) is 0 Å². The van der Waals surface area contributed by atoms with Gasteiger partial charge in [-0.25, -0.2) is 5.32 Å². The van der Waals surface area contributed by atoms with Crippen molar-refractivity contribution >= 4 is 0 Å². The fourth-order valence-electron chi connectivity index (χ4n) is 1.58. The molecule has 83 valence electrons. The zero-order valence-electron chi connectivity index (χ0n) is 9.78. The third-order valence-corrected chi connectivity index (χ3v) is 2.54. The van der Waals surface area contributed by atoms with Crippen molar-refractivity contribution in [1.82, 2.24) is 5.32 Å². The molecule has 15 heavy (non-hydrogen) atoms. The van der Waals surface area contributed by atoms with Crippen LogP contribution in [0.15, 0.2) is 30.3 Å². The number of rotatable bonds is 8. The highest BCUT2D eigenvalue weighted by atomic mass is 14.8. The van der Waals surface area contributed by atoms with Gasteiger partial charge < -0.3 is 0 Å². The molecule has 1 nitrogen and oxygen atoms in total. The van der Waals surface area contributed by atoms with E-state index in [0.29, 0.717) is 0 Å². The molecular weight excluding hydrogens is 182 g/mol. The summed E-state index contributed by atoms with van der Waals surface area (Å²) in [6, 6.07) is 10.7. The number of benzene rings is 1. The predicted octanol–water partition coefficient (Wildman–Crippen LogP) is 3.41. The smallest absolute Gasteiger partial charge is 0.0133 e. The van der Waals surface area contributed by atoms with E-state index in [9.17, 15) is 0 Å². The van der Waals surface area contributed by atoms with Crippen molar-refractivity contribution in [2.45, 2.75) is 39.0 Å². The molecule has 0 saturated heterocycles. The lowest BCUT2D eigenvalue weighted by atomic mass is 10.1. The van der Waals surface area contributed by atoms with Crippen LogP contribution in [0, 0.1) is 0 Å². The molecule has 0 aromatic heterocycles. The molecule has 0 fully saturated rings. The Kier molecular flexibility index (Phi) is 6.93. The van der Waals surface area contributed by atoms with Crippen LogP contribution >= 0.6 is 0 Å². The molecule has 0 saturated carbocycles. The van der Waals surface area contributed by atoms with Crippen LogP contribution in [-0.2, 0) is 6.42 Å². The van der Waals surface area contributed by atoms with Crippen molar-refractivity contribution in [1.29, 1.82) is 0 Å². The highest BCUT2D eigenvalue weighted by Crippen LogP contribution is 2.03. The van der Waals surface area contributed by atoms with Gasteiger partial charge in [0, 0.05) is 13.1 Å². The first kappa shape index (κ1) is 12.3. The molecule has 0 N–H and O–H groups in total. The molecule has 1 aromatic rings. The topological polar surface area (TPSA) is 14.1 Å². The standard InChI is InChI=1S/C14H22N/c1-2-3-12-15-13-8-7-11-14-9-5-4-6-10-14/h4-6,9-10H,2-3,7-8,11-13H2,1H3. The van der Waals surface area contributed by atoms with Crippen molar-refractivity contribution < 1.29 is 0 Å². The van der Waals surface area contributed by atoms with Gasteiger partial charge in [-0.05, 0) is 31.2 Å². The average Bonchev–Trinajstić information content (AvgIpc) is 2.29. The molecule has 1 aromatic carbocycles. The second-order valence-corrected chi connectivity index (χ2v) is 3.97. The minimum absolute atomic E-state index is 1.05. The van der Waals surface area contributed by atoms with Crippen molar-refractivity contribution in [2.75, 3.05) is 13.1 Å². The van der Waals surface area contributed by atoms with Crippen molar-refractivity contribution in [2.24, 2.45) is 0 Å². The summed E-state index contributed by atoms with van der Waals surface area (Å²) in [7, 11) is 0. The average molecular weight is 204 g/mol. The lowest BCUT2D eigenvalue weighted by Crippen LogP contribution is -2.08. The van der Waals surface area contributed by atoms with Crippen LogP contribution in [0.25, 0.3) is 0 Å². The minimum atomic E-state index is 1.05. The Morgan fingerprint density at radius 1 is 0.933 bits per heavy atom. The van der Waals surface area contributed by atoms with Gasteiger partial charge in [-0.15, -0.1) is 0 Å². The van der Waals surface area contributed by atoms with Crippen LogP contribution in [0.1, 0.15) is 38.2 Å². The summed E-state index contributed by atoms with van der Waals surface area (Å²) in [5.74, 6) is 0. The fraction of sp³-hybridized carbons (Fsp3) is 0.571. The van der Waals surface area contributed by atoms with E-state index in [1.54, 1.807) is 0 Å². The van der Waals surface area contributed by atoms with Crippen LogP contribution in [0.4, 0.5) is 0 Å². The summed E-state index contributed by atoms with van der Waals surface area (Å²) in [6.45, 7) is 4.32. The Balaban J connectivity index is 1.93. The number of hydrogen-bond acceptors (Lipinski definition) is 0. The van der Waals surface area contributed by atoms with Gasteiger partial charge in [0.05, 0.1) is 0 Å². The van der Waals surface area contributed by atoms with Gasteiger partial charge >= 0.3 is 0 Å². The molecular formula is C14H22N. The monoisotopic (exact) mass is 204 g/mol. The Hall–Kier alpha value is -0.820. The SMILES string of the molecule is CCCC[N]CCCCc1ccccc1. The molecule has 1 heteroatoms. The van der Waals surface area contributed by atoms with Crippen LogP contribution in [0.2, 0.25) is 0 Å². The third kappa shape index (κ3) is 6.29. The van der Waals surface area contributed by atoms with E-state index in [4.69, 9.17) is 0 Å². The molecule has 0 spiro atoms. The van der Waals surface area contributed by atoms with Crippen LogP contribution in [0.3, 0.4) is 0 Å².